The fourth-order valence-electron chi connectivity index (χ4n) is 3.44. The highest BCUT2D eigenvalue weighted by Crippen LogP contribution is 2.43. The average Bonchev–Trinajstić information content (AvgIpc) is 1.98. The van der Waals surface area contributed by atoms with Gasteiger partial charge in [-0.05, 0) is 0 Å². The molecule has 1 aliphatic heterocycles. The van der Waals surface area contributed by atoms with Crippen LogP contribution in [0.2, 0.25) is 65.5 Å². The van der Waals surface area contributed by atoms with E-state index in [1.165, 1.54) is 8.55 Å². The Hall–Kier alpha value is 1.30. The van der Waals surface area contributed by atoms with Crippen molar-refractivity contribution in [2.45, 2.75) is 65.5 Å². The smallest absolute Gasteiger partial charge is 0.0307 e. The van der Waals surface area contributed by atoms with Gasteiger partial charge < -0.3 is 0 Å². The van der Waals surface area contributed by atoms with Gasteiger partial charge in [-0.1, -0.05) is 65.5 Å². The van der Waals surface area contributed by atoms with E-state index in [0.717, 1.165) is 0 Å². The minimum absolute atomic E-state index is 0.853. The number of rotatable bonds is 0. The molecule has 6 heteroatoms. The van der Waals surface area contributed by atoms with E-state index >= 15 is 0 Å². The van der Waals surface area contributed by atoms with Crippen molar-refractivity contribution in [3.05, 3.63) is 0 Å². The Bertz CT molecular complexity index is 274. The lowest BCUT2D eigenvalue weighted by Crippen LogP contribution is -2.93. The predicted octanol–water partition coefficient (Wildman–Crippen LogP) is 3.55. The van der Waals surface area contributed by atoms with E-state index in [9.17, 15) is 0 Å². The van der Waals surface area contributed by atoms with E-state index in [4.69, 9.17) is 0 Å². The maximum atomic E-state index is 2.80. The Morgan fingerprint density at radius 3 is 0.938 bits per heavy atom. The summed E-state index contributed by atoms with van der Waals surface area (Å²) in [6.45, 7) is 27.8. The maximum Gasteiger partial charge on any atom is 0.0307 e. The molecule has 0 atom stereocenters. The molecule has 0 unspecified atom stereocenters. The van der Waals surface area contributed by atoms with Crippen LogP contribution in [0.4, 0.5) is 0 Å². The summed E-state index contributed by atoms with van der Waals surface area (Å²) in [4.78, 5) is 0. The van der Waals surface area contributed by atoms with Gasteiger partial charge in [0.05, 0.1) is 0 Å². The van der Waals surface area contributed by atoms with Crippen LogP contribution in [0.15, 0.2) is 0 Å². The molecule has 16 heavy (non-hydrogen) atoms. The fourth-order valence-corrected chi connectivity index (χ4v) is 201. The Kier molecular flexibility index (Phi) is 3.51. The van der Waals surface area contributed by atoms with Gasteiger partial charge in [-0.3, -0.25) is 0 Å². The summed E-state index contributed by atoms with van der Waals surface area (Å²) in [5, 5.41) is 0. The van der Waals surface area contributed by atoms with Crippen LogP contribution in [0.1, 0.15) is 0 Å². The topological polar surface area (TPSA) is 0 Å². The minimum atomic E-state index is -0.908. The number of hydrogen-bond acceptors (Lipinski definition) is 0. The summed E-state index contributed by atoms with van der Waals surface area (Å²) in [6, 6.07) is 0. The van der Waals surface area contributed by atoms with Crippen molar-refractivity contribution >= 4 is 44.1 Å². The van der Waals surface area contributed by atoms with Gasteiger partial charge in [-0.2, -0.15) is 0 Å². The minimum Gasteiger partial charge on any atom is -0.0739 e. The highest BCUT2D eigenvalue weighted by Gasteiger charge is 2.68. The van der Waals surface area contributed by atoms with Crippen molar-refractivity contribution in [1.29, 1.82) is 0 Å². The van der Waals surface area contributed by atoms with Crippen LogP contribution in [0.5, 0.6) is 0 Å². The van der Waals surface area contributed by atoms with Gasteiger partial charge in [-0.25, -0.2) is 0 Å². The second kappa shape index (κ2) is 3.66. The third-order valence-corrected chi connectivity index (χ3v) is 134. The molecule has 0 amide bonds. The highest BCUT2D eigenvalue weighted by atomic mass is 30.2. The molecular weight excluding hydrogens is 289 g/mol. The van der Waals surface area contributed by atoms with Gasteiger partial charge in [0.1, 0.15) is 0 Å². The first-order valence-corrected chi connectivity index (χ1v) is 28.5. The molecule has 0 spiro atoms. The lowest BCUT2D eigenvalue weighted by atomic mass is 11.9. The van der Waals surface area contributed by atoms with E-state index in [1.807, 2.05) is 0 Å². The molecule has 94 valence electrons. The van der Waals surface area contributed by atoms with E-state index in [1.54, 1.807) is 0 Å². The summed E-state index contributed by atoms with van der Waals surface area (Å²) in [5.41, 5.74) is 0. The first-order chi connectivity index (χ1) is 6.71. The van der Waals surface area contributed by atoms with Crippen molar-refractivity contribution in [3.63, 3.8) is 0 Å². The molecule has 1 rings (SSSR count). The first kappa shape index (κ1) is 15.4. The quantitative estimate of drug-likeness (QED) is 0.599. The monoisotopic (exact) mass is 318 g/mol. The molecule has 0 N–H and O–H groups in total. The molecule has 1 heterocycles. The van der Waals surface area contributed by atoms with E-state index < -0.39 is 35.5 Å². The van der Waals surface area contributed by atoms with Crippen LogP contribution in [-0.4, -0.2) is 44.1 Å². The Labute approximate surface area is 109 Å². The standard InChI is InChI=1S/C10H30Si6/c1-12(2)11-13(3,4)15(7,8)16(9,10)14(12,5)6/h1-10H3. The van der Waals surface area contributed by atoms with Gasteiger partial charge >= 0.3 is 0 Å². The molecule has 0 aromatic carbocycles. The molecule has 1 saturated heterocycles. The second-order valence-corrected chi connectivity index (χ2v) is 72.8. The Morgan fingerprint density at radius 2 is 0.688 bits per heavy atom. The van der Waals surface area contributed by atoms with Crippen molar-refractivity contribution in [3.8, 4) is 0 Å². The van der Waals surface area contributed by atoms with Gasteiger partial charge in [-0.15, -0.1) is 0 Å². The lowest BCUT2D eigenvalue weighted by molar-refractivity contribution is 1.76. The van der Waals surface area contributed by atoms with Gasteiger partial charge in [0, 0.05) is 44.1 Å². The van der Waals surface area contributed by atoms with Crippen molar-refractivity contribution in [2.75, 3.05) is 0 Å². The summed E-state index contributed by atoms with van der Waals surface area (Å²) in [6.07, 6.45) is 0. The molecule has 0 saturated carbocycles. The maximum absolute atomic E-state index is 2.80. The molecule has 0 bridgehead atoms. The molecule has 0 aromatic rings. The van der Waals surface area contributed by atoms with Crippen LogP contribution >= 0.6 is 0 Å². The molecule has 0 aromatic heterocycles. The van der Waals surface area contributed by atoms with Crippen molar-refractivity contribution in [2.24, 2.45) is 0 Å². The largest absolute Gasteiger partial charge is 0.0739 e. The van der Waals surface area contributed by atoms with Gasteiger partial charge in [0.15, 0.2) is 0 Å². The average molecular weight is 319 g/mol. The second-order valence-electron chi connectivity index (χ2n) is 8.25. The predicted molar refractivity (Wildman–Crippen MR) is 93.2 cm³/mol. The Balaban J connectivity index is 3.43. The molecule has 1 aliphatic rings. The summed E-state index contributed by atoms with van der Waals surface area (Å²) in [7, 11) is -2.92. The van der Waals surface area contributed by atoms with Crippen LogP contribution in [-0.2, 0) is 0 Å². The molecule has 2 radical (unpaired) electrons. The Morgan fingerprint density at radius 1 is 0.438 bits per heavy atom. The summed E-state index contributed by atoms with van der Waals surface area (Å²) in [5.74, 6) is 0. The third-order valence-electron chi connectivity index (χ3n) is 6.88. The highest BCUT2D eigenvalue weighted by molar-refractivity contribution is 8.08. The van der Waals surface area contributed by atoms with E-state index in [2.05, 4.69) is 65.5 Å². The SMILES string of the molecule is C[Si]1(C)[Si][Si](C)(C)[Si](C)(C)[Si](C)(C)[Si]1(C)C. The molecule has 1 fully saturated rings. The molecule has 0 aliphatic carbocycles. The van der Waals surface area contributed by atoms with Gasteiger partial charge in [0.2, 0.25) is 0 Å². The van der Waals surface area contributed by atoms with Crippen LogP contribution in [0, 0.1) is 0 Å². The van der Waals surface area contributed by atoms with Crippen LogP contribution in [0.3, 0.4) is 0 Å². The van der Waals surface area contributed by atoms with Crippen LogP contribution < -0.4 is 0 Å². The normalized spacial score (nSPS) is 33.4. The zero-order valence-corrected chi connectivity index (χ0v) is 19.0. The van der Waals surface area contributed by atoms with Crippen LogP contribution in [0.25, 0.3) is 0 Å². The molecular formula is C10H30Si6. The summed E-state index contributed by atoms with van der Waals surface area (Å²) < 4.78 is 0. The molecule has 0 nitrogen and oxygen atoms in total. The van der Waals surface area contributed by atoms with Gasteiger partial charge in [0.25, 0.3) is 0 Å². The number of hydrogen-bond donors (Lipinski definition) is 0. The first-order valence-electron chi connectivity index (χ1n) is 6.50. The zero-order chi connectivity index (χ0) is 13.2. The van der Waals surface area contributed by atoms with Crippen molar-refractivity contribution < 1.29 is 0 Å². The fraction of sp³-hybridized carbons (Fsp3) is 1.00. The van der Waals surface area contributed by atoms with E-state index in [0.29, 0.717) is 0 Å². The lowest BCUT2D eigenvalue weighted by Gasteiger charge is -2.65. The van der Waals surface area contributed by atoms with E-state index in [-0.39, 0.29) is 0 Å². The zero-order valence-electron chi connectivity index (χ0n) is 13.0. The third kappa shape index (κ3) is 1.67. The summed E-state index contributed by atoms with van der Waals surface area (Å²) >= 11 is 0. The van der Waals surface area contributed by atoms with Crippen molar-refractivity contribution in [1.82, 2.24) is 0 Å².